The lowest BCUT2D eigenvalue weighted by Gasteiger charge is -2.28. The number of aromatic nitrogens is 4. The number of nitrogens with zero attached hydrogens (tertiary/aromatic N) is 3. The number of aromatic amines is 2. The second-order valence-corrected chi connectivity index (χ2v) is 16.9. The molecule has 2 aliphatic carbocycles. The second-order valence-electron chi connectivity index (χ2n) is 16.9. The van der Waals surface area contributed by atoms with E-state index >= 15 is 8.78 Å². The van der Waals surface area contributed by atoms with E-state index in [0.717, 1.165) is 31.2 Å². The number of H-pyrrole nitrogens is 2. The Hall–Kier alpha value is -7.10. The molecule has 65 heavy (non-hydrogen) atoms. The molecule has 4 amide bonds. The number of ether oxygens (including phenoxy) is 2. The number of hydrogen-bond acceptors (Lipinski definition) is 8. The van der Waals surface area contributed by atoms with E-state index in [0.29, 0.717) is 82.0 Å². The Kier molecular flexibility index (Phi) is 11.8. The van der Waals surface area contributed by atoms with E-state index < -0.39 is 42.3 Å². The number of carbonyl (C=O) groups is 4. The van der Waals surface area contributed by atoms with Crippen LogP contribution in [0.1, 0.15) is 98.3 Å². The van der Waals surface area contributed by atoms with E-state index in [2.05, 4.69) is 30.9 Å². The summed E-state index contributed by atoms with van der Waals surface area (Å²) in [6.45, 7) is 2.26. The molecule has 3 heterocycles. The molecule has 6 aromatic rings. The van der Waals surface area contributed by atoms with Gasteiger partial charge < -0.3 is 40.3 Å². The summed E-state index contributed by atoms with van der Waals surface area (Å²) in [6, 6.07) is 22.1. The summed E-state index contributed by atoms with van der Waals surface area (Å²) in [5, 5.41) is 8.40. The Morgan fingerprint density at radius 3 is 2.17 bits per heavy atom. The minimum absolute atomic E-state index is 0.0958. The lowest BCUT2D eigenvalue weighted by Crippen LogP contribution is -2.48. The van der Waals surface area contributed by atoms with Crippen LogP contribution in [0.3, 0.4) is 0 Å². The van der Waals surface area contributed by atoms with Gasteiger partial charge in [0.2, 0.25) is 5.91 Å². The third-order valence-electron chi connectivity index (χ3n) is 13.1. The maximum atomic E-state index is 16.6. The van der Waals surface area contributed by atoms with Crippen molar-refractivity contribution in [1.29, 1.82) is 0 Å². The molecule has 3 aliphatic rings. The third-order valence-corrected chi connectivity index (χ3v) is 13.1. The van der Waals surface area contributed by atoms with E-state index in [9.17, 15) is 19.2 Å². The number of rotatable bonds is 12. The van der Waals surface area contributed by atoms with Crippen LogP contribution >= 0.6 is 0 Å². The second kappa shape index (κ2) is 17.8. The monoisotopic (exact) mass is 884 g/mol. The van der Waals surface area contributed by atoms with Crippen LogP contribution in [-0.2, 0) is 25.0 Å². The number of hydrogen-bond donors (Lipinski definition) is 5. The van der Waals surface area contributed by atoms with Crippen LogP contribution < -0.4 is 16.0 Å². The Labute approximate surface area is 373 Å². The molecule has 4 aromatic carbocycles. The van der Waals surface area contributed by atoms with Crippen molar-refractivity contribution < 1.29 is 37.4 Å². The number of amides is 4. The zero-order valence-electron chi connectivity index (χ0n) is 36.3. The number of imidazole rings is 2. The molecule has 4 atom stereocenters. The SMILES string of the molecule is CC[C@H](NC(=O)OC)C(=O)N[C@H](c1nc2ccc(-c3ccc4c(c3)C(F)(F)c3cc(-c5cnc([C@@H]6CCCN6C(=O)[C@H](NC(=O)OC)c6ccccc6)[nH]5)ccc3-4)cc2[nH]1)C1CCCC1. The fourth-order valence-corrected chi connectivity index (χ4v) is 9.68. The van der Waals surface area contributed by atoms with Crippen molar-refractivity contribution >= 4 is 35.0 Å². The molecule has 2 fully saturated rings. The quantitative estimate of drug-likeness (QED) is 0.0807. The fourth-order valence-electron chi connectivity index (χ4n) is 9.68. The van der Waals surface area contributed by atoms with Crippen LogP contribution in [0.25, 0.3) is 44.5 Å². The number of benzene rings is 4. The number of alkyl carbamates (subject to hydrolysis) is 2. The molecule has 1 saturated carbocycles. The largest absolute Gasteiger partial charge is 0.453 e. The van der Waals surface area contributed by atoms with Crippen molar-refractivity contribution in [3.05, 3.63) is 119 Å². The van der Waals surface area contributed by atoms with Crippen molar-refractivity contribution in [1.82, 2.24) is 40.8 Å². The van der Waals surface area contributed by atoms with Crippen molar-refractivity contribution in [2.75, 3.05) is 20.8 Å². The van der Waals surface area contributed by atoms with Gasteiger partial charge in [0.25, 0.3) is 11.8 Å². The highest BCUT2D eigenvalue weighted by Gasteiger charge is 2.45. The molecular weight excluding hydrogens is 835 g/mol. The summed E-state index contributed by atoms with van der Waals surface area (Å²) in [7, 11) is 2.49. The number of fused-ring (bicyclic) bond motifs is 4. The molecule has 0 bridgehead atoms. The van der Waals surface area contributed by atoms with E-state index in [1.54, 1.807) is 59.6 Å². The first-order chi connectivity index (χ1) is 31.5. The molecule has 0 spiro atoms. The highest BCUT2D eigenvalue weighted by atomic mass is 19.3. The van der Waals surface area contributed by atoms with Crippen molar-refractivity contribution in [2.45, 2.75) is 82.0 Å². The van der Waals surface area contributed by atoms with Gasteiger partial charge in [-0.15, -0.1) is 0 Å². The Balaban J connectivity index is 0.945. The van der Waals surface area contributed by atoms with Crippen LogP contribution in [0.2, 0.25) is 0 Å². The minimum atomic E-state index is -3.30. The summed E-state index contributed by atoms with van der Waals surface area (Å²) >= 11 is 0. The van der Waals surface area contributed by atoms with Gasteiger partial charge in [-0.3, -0.25) is 9.59 Å². The molecule has 16 heteroatoms. The van der Waals surface area contributed by atoms with Gasteiger partial charge in [0, 0.05) is 23.2 Å². The van der Waals surface area contributed by atoms with Gasteiger partial charge in [-0.1, -0.05) is 80.4 Å². The molecule has 5 N–H and O–H groups in total. The van der Waals surface area contributed by atoms with Gasteiger partial charge in [-0.2, -0.15) is 8.78 Å². The lowest BCUT2D eigenvalue weighted by atomic mass is 9.97. The van der Waals surface area contributed by atoms with Crippen LogP contribution in [0, 0.1) is 5.92 Å². The van der Waals surface area contributed by atoms with E-state index in [4.69, 9.17) is 14.5 Å². The number of nitrogens with one attached hydrogen (secondary N) is 5. The molecule has 1 saturated heterocycles. The third kappa shape index (κ3) is 8.28. The highest BCUT2D eigenvalue weighted by molar-refractivity contribution is 5.89. The topological polar surface area (TPSA) is 183 Å². The van der Waals surface area contributed by atoms with Gasteiger partial charge in [0.1, 0.15) is 23.7 Å². The van der Waals surface area contributed by atoms with E-state index in [-0.39, 0.29) is 28.9 Å². The smallest absolute Gasteiger partial charge is 0.407 e. The Morgan fingerprint density at radius 1 is 0.800 bits per heavy atom. The van der Waals surface area contributed by atoms with Crippen molar-refractivity contribution in [3.8, 4) is 33.5 Å². The van der Waals surface area contributed by atoms with Crippen LogP contribution in [0.4, 0.5) is 18.4 Å². The average Bonchev–Trinajstić information content (AvgIpc) is 4.20. The Morgan fingerprint density at radius 2 is 1.46 bits per heavy atom. The highest BCUT2D eigenvalue weighted by Crippen LogP contribution is 2.53. The standard InChI is InChI=1S/C49H50F2N8O6/c1-4-36(56-47(62)64-2)45(60)57-41(27-13-8-9-14-27)44-53-37-21-18-30(25-38(37)54-44)29-16-19-32-33-20-17-31(24-35(33)49(50,51)34(32)23-29)39-26-52-43(55-39)40-15-10-22-59(40)46(61)42(58-48(63)65-3)28-11-6-5-7-12-28/h5-7,11-12,16-21,23-27,36,40-42H,4,8-10,13-15,22H2,1-3H3,(H,52,55)(H,53,54)(H,56,62)(H,57,60)(H,58,63)/t36-,40-,41-,42+/m0/s1. The molecule has 2 aromatic heterocycles. The molecule has 1 aliphatic heterocycles. The van der Waals surface area contributed by atoms with Gasteiger partial charge in [-0.05, 0) is 90.1 Å². The number of halogens is 2. The number of likely N-dealkylation sites (tertiary alicyclic amines) is 1. The normalized spacial score (nSPS) is 17.8. The molecule has 9 rings (SSSR count). The van der Waals surface area contributed by atoms with Crippen LogP contribution in [0.15, 0.2) is 91.1 Å². The molecule has 14 nitrogen and oxygen atoms in total. The summed E-state index contributed by atoms with van der Waals surface area (Å²) < 4.78 is 42.8. The Bertz CT molecular complexity index is 2770. The number of methoxy groups -OCH3 is 2. The first-order valence-corrected chi connectivity index (χ1v) is 22.0. The van der Waals surface area contributed by atoms with E-state index in [1.807, 2.05) is 37.3 Å². The van der Waals surface area contributed by atoms with Gasteiger partial charge in [0.15, 0.2) is 0 Å². The first kappa shape index (κ1) is 43.2. The van der Waals surface area contributed by atoms with Crippen LogP contribution in [-0.4, -0.2) is 75.6 Å². The summed E-state index contributed by atoms with van der Waals surface area (Å²) in [5.41, 5.74) is 5.06. The first-order valence-electron chi connectivity index (χ1n) is 22.0. The maximum absolute atomic E-state index is 16.6. The maximum Gasteiger partial charge on any atom is 0.407 e. The van der Waals surface area contributed by atoms with Gasteiger partial charge in [0.05, 0.1) is 49.2 Å². The number of carbonyl (C=O) groups excluding carboxylic acids is 4. The average molecular weight is 885 g/mol. The predicted octanol–water partition coefficient (Wildman–Crippen LogP) is 8.98. The predicted molar refractivity (Wildman–Crippen MR) is 238 cm³/mol. The van der Waals surface area contributed by atoms with Gasteiger partial charge >= 0.3 is 12.2 Å². The molecule has 0 unspecified atom stereocenters. The fraction of sp³-hybridized carbons (Fsp3) is 0.347. The van der Waals surface area contributed by atoms with Crippen molar-refractivity contribution in [2.24, 2.45) is 5.92 Å². The summed E-state index contributed by atoms with van der Waals surface area (Å²) in [4.78, 5) is 69.5. The molecule has 0 radical (unpaired) electrons. The van der Waals surface area contributed by atoms with Crippen LogP contribution in [0.5, 0.6) is 0 Å². The zero-order chi connectivity index (χ0) is 45.4. The zero-order valence-corrected chi connectivity index (χ0v) is 36.3. The minimum Gasteiger partial charge on any atom is -0.453 e. The summed E-state index contributed by atoms with van der Waals surface area (Å²) in [6.07, 6.45) is 5.82. The van der Waals surface area contributed by atoms with Gasteiger partial charge in [-0.25, -0.2) is 19.6 Å². The van der Waals surface area contributed by atoms with E-state index in [1.165, 1.54) is 20.3 Å². The van der Waals surface area contributed by atoms with Crippen molar-refractivity contribution in [3.63, 3.8) is 0 Å². The molecule has 336 valence electrons. The summed E-state index contributed by atoms with van der Waals surface area (Å²) in [5.74, 6) is -2.67. The number of alkyl halides is 2. The lowest BCUT2D eigenvalue weighted by molar-refractivity contribution is -0.134. The molecular formula is C49H50F2N8O6.